The molecule has 0 aliphatic heterocycles. The lowest BCUT2D eigenvalue weighted by Gasteiger charge is -2.18. The molecule has 0 bridgehead atoms. The Labute approximate surface area is 106 Å². The molecule has 0 spiro atoms. The van der Waals surface area contributed by atoms with Crippen LogP contribution in [-0.4, -0.2) is 27.7 Å². The minimum Gasteiger partial charge on any atom is -0.348 e. The van der Waals surface area contributed by atoms with Gasteiger partial charge in [-0.3, -0.25) is 4.79 Å². The zero-order valence-corrected chi connectivity index (χ0v) is 11.3. The largest absolute Gasteiger partial charge is 0.348 e. The quantitative estimate of drug-likeness (QED) is 0.508. The number of amides is 1. The zero-order valence-electron chi connectivity index (χ0n) is 10.5. The lowest BCUT2D eigenvalue weighted by atomic mass is 10.1. The third kappa shape index (κ3) is 5.49. The van der Waals surface area contributed by atoms with Crippen molar-refractivity contribution in [1.29, 1.82) is 0 Å². The van der Waals surface area contributed by atoms with Crippen molar-refractivity contribution in [3.63, 3.8) is 0 Å². The topological polar surface area (TPSA) is 54.9 Å². The number of hydrogen-bond acceptors (Lipinski definition) is 4. The first-order valence-electron chi connectivity index (χ1n) is 5.27. The Morgan fingerprint density at radius 3 is 2.41 bits per heavy atom. The number of carbonyl (C=O) groups excluding carboxylic acids is 1. The summed E-state index contributed by atoms with van der Waals surface area (Å²) in [5, 5.41) is 3.56. The van der Waals surface area contributed by atoms with Crippen molar-refractivity contribution >= 4 is 23.7 Å². The molecular weight excluding hydrogens is 234 g/mol. The van der Waals surface area contributed by atoms with Crippen LogP contribution in [0.5, 0.6) is 0 Å². The maximum atomic E-state index is 11.5. The lowest BCUT2D eigenvalue weighted by Crippen LogP contribution is -2.39. The molecule has 5 heteroatoms. The van der Waals surface area contributed by atoms with Gasteiger partial charge in [0.2, 0.25) is 5.91 Å². The smallest absolute Gasteiger partial charge is 0.244 e. The van der Waals surface area contributed by atoms with Crippen molar-refractivity contribution in [2.45, 2.75) is 31.5 Å². The van der Waals surface area contributed by atoms with Crippen LogP contribution in [0.2, 0.25) is 0 Å². The van der Waals surface area contributed by atoms with E-state index in [1.54, 1.807) is 18.5 Å². The molecule has 1 heterocycles. The van der Waals surface area contributed by atoms with Crippen LogP contribution < -0.4 is 5.32 Å². The van der Waals surface area contributed by atoms with Gasteiger partial charge in [0.15, 0.2) is 5.16 Å². The van der Waals surface area contributed by atoms with E-state index in [1.807, 2.05) is 27.0 Å². The second-order valence-electron chi connectivity index (χ2n) is 4.58. The maximum Gasteiger partial charge on any atom is 0.244 e. The molecule has 0 unspecified atom stereocenters. The van der Waals surface area contributed by atoms with E-state index in [4.69, 9.17) is 0 Å². The average molecular weight is 251 g/mol. The average Bonchev–Trinajstić information content (AvgIpc) is 2.25. The van der Waals surface area contributed by atoms with Crippen molar-refractivity contribution in [3.8, 4) is 0 Å². The van der Waals surface area contributed by atoms with Gasteiger partial charge in [0, 0.05) is 29.6 Å². The summed E-state index contributed by atoms with van der Waals surface area (Å²) in [7, 11) is 0. The van der Waals surface area contributed by atoms with E-state index in [2.05, 4.69) is 15.3 Å². The van der Waals surface area contributed by atoms with E-state index in [-0.39, 0.29) is 11.4 Å². The van der Waals surface area contributed by atoms with Gasteiger partial charge in [-0.05, 0) is 33.1 Å². The maximum absolute atomic E-state index is 11.5. The van der Waals surface area contributed by atoms with Crippen LogP contribution in [0.25, 0.3) is 6.08 Å². The minimum atomic E-state index is -0.222. The fraction of sp³-hybridized carbons (Fsp3) is 0.417. The first-order valence-corrected chi connectivity index (χ1v) is 6.49. The highest BCUT2D eigenvalue weighted by Gasteiger charge is 2.10. The van der Waals surface area contributed by atoms with E-state index in [1.165, 1.54) is 17.8 Å². The van der Waals surface area contributed by atoms with Crippen LogP contribution in [0.15, 0.2) is 23.6 Å². The van der Waals surface area contributed by atoms with Crippen LogP contribution in [0.3, 0.4) is 0 Å². The SMILES string of the molecule is CSc1ncc(/C=C/C(=O)NC(C)(C)C)cn1. The van der Waals surface area contributed by atoms with Crippen LogP contribution in [0.4, 0.5) is 0 Å². The Kier molecular flexibility index (Phi) is 4.69. The van der Waals surface area contributed by atoms with E-state index < -0.39 is 0 Å². The monoisotopic (exact) mass is 251 g/mol. The van der Waals surface area contributed by atoms with Gasteiger partial charge < -0.3 is 5.32 Å². The third-order valence-corrected chi connectivity index (χ3v) is 2.33. The third-order valence-electron chi connectivity index (χ3n) is 1.76. The van der Waals surface area contributed by atoms with Gasteiger partial charge >= 0.3 is 0 Å². The molecule has 1 amide bonds. The van der Waals surface area contributed by atoms with Gasteiger partial charge in [-0.2, -0.15) is 0 Å². The van der Waals surface area contributed by atoms with Gasteiger partial charge in [-0.1, -0.05) is 11.8 Å². The fourth-order valence-electron chi connectivity index (χ4n) is 1.10. The Morgan fingerprint density at radius 2 is 1.94 bits per heavy atom. The minimum absolute atomic E-state index is 0.119. The highest BCUT2D eigenvalue weighted by atomic mass is 32.2. The Morgan fingerprint density at radius 1 is 1.35 bits per heavy atom. The highest BCUT2D eigenvalue weighted by molar-refractivity contribution is 7.98. The Bertz CT molecular complexity index is 407. The molecule has 1 rings (SSSR count). The standard InChI is InChI=1S/C12H17N3OS/c1-12(2,3)15-10(16)6-5-9-7-13-11(17-4)14-8-9/h5-8H,1-4H3,(H,15,16)/b6-5+. The number of rotatable bonds is 3. The summed E-state index contributed by atoms with van der Waals surface area (Å²) < 4.78 is 0. The summed E-state index contributed by atoms with van der Waals surface area (Å²) in [5.41, 5.74) is 0.590. The molecule has 0 aliphatic carbocycles. The second-order valence-corrected chi connectivity index (χ2v) is 5.35. The molecule has 0 saturated carbocycles. The predicted octanol–water partition coefficient (Wildman–Crippen LogP) is 2.13. The normalized spacial score (nSPS) is 11.8. The molecule has 0 aliphatic rings. The van der Waals surface area contributed by atoms with Crippen molar-refractivity contribution < 1.29 is 4.79 Å². The van der Waals surface area contributed by atoms with E-state index in [0.717, 1.165) is 10.7 Å². The Balaban J connectivity index is 2.61. The van der Waals surface area contributed by atoms with Gasteiger partial charge in [-0.25, -0.2) is 9.97 Å². The molecule has 1 N–H and O–H groups in total. The number of aromatic nitrogens is 2. The number of hydrogen-bond donors (Lipinski definition) is 1. The molecule has 1 aromatic rings. The Hall–Kier alpha value is -1.36. The summed E-state index contributed by atoms with van der Waals surface area (Å²) in [6.07, 6.45) is 8.49. The van der Waals surface area contributed by atoms with Crippen molar-refractivity contribution in [1.82, 2.24) is 15.3 Å². The summed E-state index contributed by atoms with van der Waals surface area (Å²) >= 11 is 1.48. The number of carbonyl (C=O) groups is 1. The molecule has 0 radical (unpaired) electrons. The molecule has 4 nitrogen and oxygen atoms in total. The molecule has 92 valence electrons. The number of nitrogens with zero attached hydrogens (tertiary/aromatic N) is 2. The molecule has 0 atom stereocenters. The van der Waals surface area contributed by atoms with Crippen LogP contribution in [0, 0.1) is 0 Å². The molecule has 0 saturated heterocycles. The first-order chi connectivity index (χ1) is 7.90. The summed E-state index contributed by atoms with van der Waals surface area (Å²) in [5.74, 6) is -0.119. The zero-order chi connectivity index (χ0) is 12.9. The summed E-state index contributed by atoms with van der Waals surface area (Å²) in [6, 6.07) is 0. The van der Waals surface area contributed by atoms with Crippen LogP contribution in [-0.2, 0) is 4.79 Å². The van der Waals surface area contributed by atoms with E-state index in [0.29, 0.717) is 0 Å². The molecule has 1 aromatic heterocycles. The molecule has 0 aromatic carbocycles. The van der Waals surface area contributed by atoms with Gasteiger partial charge in [0.1, 0.15) is 0 Å². The fourth-order valence-corrected chi connectivity index (χ4v) is 1.42. The van der Waals surface area contributed by atoms with Crippen molar-refractivity contribution in [3.05, 3.63) is 24.0 Å². The van der Waals surface area contributed by atoms with E-state index in [9.17, 15) is 4.79 Å². The number of thioether (sulfide) groups is 1. The van der Waals surface area contributed by atoms with E-state index >= 15 is 0 Å². The second kappa shape index (κ2) is 5.82. The summed E-state index contributed by atoms with van der Waals surface area (Å²) in [4.78, 5) is 19.7. The van der Waals surface area contributed by atoms with Crippen LogP contribution in [0.1, 0.15) is 26.3 Å². The first kappa shape index (κ1) is 13.7. The molecule has 0 fully saturated rings. The van der Waals surface area contributed by atoms with Gasteiger partial charge in [0.25, 0.3) is 0 Å². The number of nitrogens with one attached hydrogen (secondary N) is 1. The van der Waals surface area contributed by atoms with Crippen LogP contribution >= 0.6 is 11.8 Å². The predicted molar refractivity (Wildman–Crippen MR) is 70.7 cm³/mol. The summed E-state index contributed by atoms with van der Waals surface area (Å²) in [6.45, 7) is 5.82. The van der Waals surface area contributed by atoms with Gasteiger partial charge in [-0.15, -0.1) is 0 Å². The van der Waals surface area contributed by atoms with Gasteiger partial charge in [0.05, 0.1) is 0 Å². The van der Waals surface area contributed by atoms with Crippen molar-refractivity contribution in [2.24, 2.45) is 0 Å². The molecular formula is C12H17N3OS. The van der Waals surface area contributed by atoms with Crippen molar-refractivity contribution in [2.75, 3.05) is 6.26 Å². The lowest BCUT2D eigenvalue weighted by molar-refractivity contribution is -0.117. The highest BCUT2D eigenvalue weighted by Crippen LogP contribution is 2.08. The molecule has 17 heavy (non-hydrogen) atoms.